The van der Waals surface area contributed by atoms with Crippen LogP contribution in [0.3, 0.4) is 0 Å². The van der Waals surface area contributed by atoms with Crippen LogP contribution in [0.4, 0.5) is 0 Å². The van der Waals surface area contributed by atoms with E-state index >= 15 is 0 Å². The summed E-state index contributed by atoms with van der Waals surface area (Å²) in [6.45, 7) is 5.06. The summed E-state index contributed by atoms with van der Waals surface area (Å²) in [7, 11) is 3.23. The summed E-state index contributed by atoms with van der Waals surface area (Å²) in [5.74, 6) is 1.28. The molecule has 0 saturated carbocycles. The van der Waals surface area contributed by atoms with Crippen LogP contribution in [-0.2, 0) is 0 Å². The standard InChI is InChI=1S/C16H20ClNO2S/c1-5-18-15(12-9-21-8-10(12)2)11-6-7-13(19-3)14(17)16(11)20-4/h6-9,15,18H,5H2,1-4H3. The first kappa shape index (κ1) is 16.1. The van der Waals surface area contributed by atoms with E-state index in [1.54, 1.807) is 25.6 Å². The molecule has 1 N–H and O–H groups in total. The third kappa shape index (κ3) is 3.18. The van der Waals surface area contributed by atoms with E-state index in [9.17, 15) is 0 Å². The maximum absolute atomic E-state index is 6.38. The average molecular weight is 326 g/mol. The lowest BCUT2D eigenvalue weighted by atomic mass is 9.97. The minimum atomic E-state index is 0.0552. The second-order valence-corrected chi connectivity index (χ2v) is 5.83. The van der Waals surface area contributed by atoms with Crippen LogP contribution in [0.2, 0.25) is 5.02 Å². The van der Waals surface area contributed by atoms with Gasteiger partial charge in [0.2, 0.25) is 0 Å². The zero-order chi connectivity index (χ0) is 15.4. The molecular weight excluding hydrogens is 306 g/mol. The number of ether oxygens (including phenoxy) is 2. The molecule has 1 atom stereocenters. The Morgan fingerprint density at radius 1 is 1.19 bits per heavy atom. The van der Waals surface area contributed by atoms with Gasteiger partial charge in [-0.25, -0.2) is 0 Å². The van der Waals surface area contributed by atoms with E-state index in [-0.39, 0.29) is 6.04 Å². The van der Waals surface area contributed by atoms with E-state index in [2.05, 4.69) is 29.9 Å². The summed E-state index contributed by atoms with van der Waals surface area (Å²) >= 11 is 8.09. The molecule has 2 aromatic rings. The van der Waals surface area contributed by atoms with Crippen molar-refractivity contribution in [2.75, 3.05) is 20.8 Å². The number of thiophene rings is 1. The summed E-state index contributed by atoms with van der Waals surface area (Å²) in [4.78, 5) is 0. The number of hydrogen-bond acceptors (Lipinski definition) is 4. The Bertz CT molecular complexity index is 612. The molecule has 1 aromatic carbocycles. The highest BCUT2D eigenvalue weighted by Crippen LogP contribution is 2.41. The van der Waals surface area contributed by atoms with Crippen LogP contribution in [-0.4, -0.2) is 20.8 Å². The third-order valence-corrected chi connectivity index (χ3v) is 4.68. The number of nitrogens with one attached hydrogen (secondary N) is 1. The van der Waals surface area contributed by atoms with Gasteiger partial charge in [0, 0.05) is 5.56 Å². The monoisotopic (exact) mass is 325 g/mol. The lowest BCUT2D eigenvalue weighted by Gasteiger charge is -2.22. The van der Waals surface area contributed by atoms with E-state index < -0.39 is 0 Å². The molecule has 0 aliphatic carbocycles. The number of methoxy groups -OCH3 is 2. The van der Waals surface area contributed by atoms with Crippen LogP contribution in [0.25, 0.3) is 0 Å². The molecule has 0 aliphatic rings. The van der Waals surface area contributed by atoms with Crippen molar-refractivity contribution < 1.29 is 9.47 Å². The molecule has 0 saturated heterocycles. The zero-order valence-electron chi connectivity index (χ0n) is 12.7. The van der Waals surface area contributed by atoms with Gasteiger partial charge in [0.15, 0.2) is 0 Å². The normalized spacial score (nSPS) is 12.2. The molecule has 5 heteroatoms. The number of benzene rings is 1. The average Bonchev–Trinajstić information content (AvgIpc) is 2.90. The van der Waals surface area contributed by atoms with Crippen molar-refractivity contribution in [2.45, 2.75) is 19.9 Å². The first-order valence-electron chi connectivity index (χ1n) is 6.80. The van der Waals surface area contributed by atoms with E-state index in [1.165, 1.54) is 11.1 Å². The van der Waals surface area contributed by atoms with Crippen molar-refractivity contribution in [3.63, 3.8) is 0 Å². The Balaban J connectivity index is 2.55. The van der Waals surface area contributed by atoms with Gasteiger partial charge < -0.3 is 14.8 Å². The van der Waals surface area contributed by atoms with E-state index in [4.69, 9.17) is 21.1 Å². The summed E-state index contributed by atoms with van der Waals surface area (Å²) in [6, 6.07) is 3.94. The Hall–Kier alpha value is -1.23. The van der Waals surface area contributed by atoms with Gasteiger partial charge in [-0.05, 0) is 47.5 Å². The minimum Gasteiger partial charge on any atom is -0.495 e. The van der Waals surface area contributed by atoms with Gasteiger partial charge in [-0.1, -0.05) is 18.5 Å². The molecule has 0 aliphatic heterocycles. The van der Waals surface area contributed by atoms with Crippen LogP contribution in [0.5, 0.6) is 11.5 Å². The fourth-order valence-corrected chi connectivity index (χ4v) is 3.61. The van der Waals surface area contributed by atoms with Crippen LogP contribution in [0.1, 0.15) is 29.7 Å². The van der Waals surface area contributed by atoms with Gasteiger partial charge >= 0.3 is 0 Å². The van der Waals surface area contributed by atoms with Gasteiger partial charge in [0.25, 0.3) is 0 Å². The maximum atomic E-state index is 6.38. The van der Waals surface area contributed by atoms with Gasteiger partial charge in [-0.3, -0.25) is 0 Å². The SMILES string of the molecule is CCNC(c1cscc1C)c1ccc(OC)c(Cl)c1OC. The highest BCUT2D eigenvalue weighted by molar-refractivity contribution is 7.08. The smallest absolute Gasteiger partial charge is 0.146 e. The molecule has 1 heterocycles. The van der Waals surface area contributed by atoms with Crippen molar-refractivity contribution in [3.05, 3.63) is 44.6 Å². The quantitative estimate of drug-likeness (QED) is 0.852. The van der Waals surface area contributed by atoms with Crippen LogP contribution in [0.15, 0.2) is 22.9 Å². The fraction of sp³-hybridized carbons (Fsp3) is 0.375. The molecule has 2 rings (SSSR count). The lowest BCUT2D eigenvalue weighted by molar-refractivity contribution is 0.388. The zero-order valence-corrected chi connectivity index (χ0v) is 14.3. The van der Waals surface area contributed by atoms with Crippen molar-refractivity contribution in [2.24, 2.45) is 0 Å². The summed E-state index contributed by atoms with van der Waals surface area (Å²) in [5, 5.41) is 8.33. The fourth-order valence-electron chi connectivity index (χ4n) is 2.40. The largest absolute Gasteiger partial charge is 0.495 e. The second kappa shape index (κ2) is 7.16. The molecule has 0 radical (unpaired) electrons. The van der Waals surface area contributed by atoms with E-state index in [0.29, 0.717) is 16.5 Å². The molecule has 0 fully saturated rings. The second-order valence-electron chi connectivity index (χ2n) is 4.71. The van der Waals surface area contributed by atoms with Gasteiger partial charge in [0.1, 0.15) is 16.5 Å². The summed E-state index contributed by atoms with van der Waals surface area (Å²) in [6.07, 6.45) is 0. The van der Waals surface area contributed by atoms with E-state index in [0.717, 1.165) is 12.1 Å². The Morgan fingerprint density at radius 3 is 2.48 bits per heavy atom. The molecule has 21 heavy (non-hydrogen) atoms. The maximum Gasteiger partial charge on any atom is 0.146 e. The molecular formula is C16H20ClNO2S. The number of aryl methyl sites for hydroxylation is 1. The first-order valence-corrected chi connectivity index (χ1v) is 8.12. The van der Waals surface area contributed by atoms with Crippen LogP contribution < -0.4 is 14.8 Å². The van der Waals surface area contributed by atoms with Crippen molar-refractivity contribution in [3.8, 4) is 11.5 Å². The third-order valence-electron chi connectivity index (χ3n) is 3.44. The molecule has 1 unspecified atom stereocenters. The Morgan fingerprint density at radius 2 is 1.95 bits per heavy atom. The number of halogens is 1. The molecule has 0 amide bonds. The van der Waals surface area contributed by atoms with Crippen molar-refractivity contribution in [1.82, 2.24) is 5.32 Å². The Labute approximate surface area is 134 Å². The van der Waals surface area contributed by atoms with Gasteiger partial charge in [-0.15, -0.1) is 0 Å². The minimum absolute atomic E-state index is 0.0552. The predicted octanol–water partition coefficient (Wildman–Crippen LogP) is 4.43. The molecule has 0 bridgehead atoms. The van der Waals surface area contributed by atoms with Gasteiger partial charge in [0.05, 0.1) is 20.3 Å². The molecule has 3 nitrogen and oxygen atoms in total. The van der Waals surface area contributed by atoms with Crippen molar-refractivity contribution in [1.29, 1.82) is 0 Å². The highest BCUT2D eigenvalue weighted by Gasteiger charge is 2.23. The predicted molar refractivity (Wildman–Crippen MR) is 89.1 cm³/mol. The molecule has 0 spiro atoms. The van der Waals surface area contributed by atoms with Crippen molar-refractivity contribution >= 4 is 22.9 Å². The Kier molecular flexibility index (Phi) is 5.51. The summed E-state index contributed by atoms with van der Waals surface area (Å²) in [5.41, 5.74) is 3.54. The highest BCUT2D eigenvalue weighted by atomic mass is 35.5. The van der Waals surface area contributed by atoms with E-state index in [1.807, 2.05) is 12.1 Å². The summed E-state index contributed by atoms with van der Waals surface area (Å²) < 4.78 is 10.8. The first-order chi connectivity index (χ1) is 10.1. The number of rotatable bonds is 6. The lowest BCUT2D eigenvalue weighted by Crippen LogP contribution is -2.22. The van der Waals surface area contributed by atoms with Crippen LogP contribution in [0, 0.1) is 6.92 Å². The molecule has 1 aromatic heterocycles. The number of hydrogen-bond donors (Lipinski definition) is 1. The topological polar surface area (TPSA) is 30.5 Å². The van der Waals surface area contributed by atoms with Gasteiger partial charge in [-0.2, -0.15) is 11.3 Å². The van der Waals surface area contributed by atoms with Crippen LogP contribution >= 0.6 is 22.9 Å². The molecule has 114 valence electrons.